The predicted molar refractivity (Wildman–Crippen MR) is 137 cm³/mol. The maximum atomic E-state index is 13.1. The maximum absolute atomic E-state index is 13.1. The molecule has 6 nitrogen and oxygen atoms in total. The molecule has 0 saturated heterocycles. The molecule has 36 heavy (non-hydrogen) atoms. The number of hydrogen-bond acceptors (Lipinski definition) is 4. The van der Waals surface area contributed by atoms with E-state index in [2.05, 4.69) is 25.1 Å². The van der Waals surface area contributed by atoms with Crippen molar-refractivity contribution in [3.63, 3.8) is 0 Å². The van der Waals surface area contributed by atoms with Gasteiger partial charge in [-0.2, -0.15) is 5.26 Å². The number of halogens is 1. The van der Waals surface area contributed by atoms with E-state index in [9.17, 15) is 10.1 Å². The molecule has 2 N–H and O–H groups in total. The van der Waals surface area contributed by atoms with Gasteiger partial charge >= 0.3 is 5.95 Å². The predicted octanol–water partition coefficient (Wildman–Crippen LogP) is 2.13. The molecule has 0 aliphatic rings. The quantitative estimate of drug-likeness (QED) is 0.258. The summed E-state index contributed by atoms with van der Waals surface area (Å²) in [7, 11) is 0. The van der Waals surface area contributed by atoms with Crippen LogP contribution >= 0.6 is 0 Å². The van der Waals surface area contributed by atoms with Gasteiger partial charge in [-0.25, -0.2) is 4.57 Å². The van der Waals surface area contributed by atoms with Gasteiger partial charge in [-0.05, 0) is 36.1 Å². The van der Waals surface area contributed by atoms with Gasteiger partial charge in [0.05, 0.1) is 18.2 Å². The Morgan fingerprint density at radius 1 is 1.06 bits per heavy atom. The number of unbranched alkanes of at least 4 members (excludes halogenated alkanes) is 1. The second-order valence-electron chi connectivity index (χ2n) is 8.67. The molecule has 184 valence electrons. The zero-order chi connectivity index (χ0) is 24.8. The molecular formula is C29H30BrN5O. The minimum atomic E-state index is -0.510. The Morgan fingerprint density at radius 3 is 2.39 bits per heavy atom. The average molecular weight is 544 g/mol. The summed E-state index contributed by atoms with van der Waals surface area (Å²) in [5.41, 5.74) is 10.8. The van der Waals surface area contributed by atoms with Crippen molar-refractivity contribution in [3.8, 4) is 17.2 Å². The van der Waals surface area contributed by atoms with E-state index >= 15 is 0 Å². The van der Waals surface area contributed by atoms with Crippen molar-refractivity contribution in [2.24, 2.45) is 0 Å². The number of carbonyl (C=O) groups excluding carboxylic acids is 1. The van der Waals surface area contributed by atoms with Crippen molar-refractivity contribution in [1.82, 2.24) is 9.67 Å². The molecule has 1 unspecified atom stereocenters. The molecule has 4 rings (SSSR count). The molecule has 0 radical (unpaired) electrons. The summed E-state index contributed by atoms with van der Waals surface area (Å²) in [6.07, 6.45) is 2.81. The lowest BCUT2D eigenvalue weighted by Crippen LogP contribution is -3.00. The number of benzene rings is 3. The normalized spacial score (nSPS) is 11.4. The van der Waals surface area contributed by atoms with Crippen LogP contribution in [-0.4, -0.2) is 15.4 Å². The Hall–Kier alpha value is -3.76. The monoisotopic (exact) mass is 543 g/mol. The van der Waals surface area contributed by atoms with Gasteiger partial charge in [-0.3, -0.25) is 10.5 Å². The zero-order valence-corrected chi connectivity index (χ0v) is 22.1. The Balaban J connectivity index is 0.00000361. The third-order valence-corrected chi connectivity index (χ3v) is 6.26. The molecule has 1 heterocycles. The highest BCUT2D eigenvalue weighted by atomic mass is 79.9. The summed E-state index contributed by atoms with van der Waals surface area (Å²) in [6.45, 7) is 4.54. The van der Waals surface area contributed by atoms with Crippen LogP contribution in [0.1, 0.15) is 60.0 Å². The molecular weight excluding hydrogens is 514 g/mol. The standard InChI is InChI=1S/C29H29N5O.BrH/c1-3-4-14-27-32-34(21(2)28(35)24-10-6-5-7-11-24)29(31)33(27)20-22-15-17-23(18-16-22)26-13-9-8-12-25(26)19-30;/h5-13,15-18,21,31H,3-4,14,20H2,1-2H3;1H. The summed E-state index contributed by atoms with van der Waals surface area (Å²) in [5, 5.41) is 14.2. The first-order valence-corrected chi connectivity index (χ1v) is 12.0. The maximum Gasteiger partial charge on any atom is 0.377 e. The number of nitrogen functional groups attached to an aromatic ring is 1. The largest absolute Gasteiger partial charge is 1.00 e. The van der Waals surface area contributed by atoms with E-state index in [4.69, 9.17) is 10.8 Å². The molecule has 0 fully saturated rings. The molecule has 0 aliphatic carbocycles. The highest BCUT2D eigenvalue weighted by Gasteiger charge is 2.29. The summed E-state index contributed by atoms with van der Waals surface area (Å²) in [4.78, 5) is 13.1. The number of nitrogens with two attached hydrogens (primary N) is 1. The number of rotatable bonds is 9. The number of Topliss-reactive ketones (excluding diaryl/α,β-unsaturated/α-hetero) is 1. The van der Waals surface area contributed by atoms with Crippen molar-refractivity contribution < 1.29 is 26.5 Å². The number of nitrogens with zero attached hydrogens (tertiary/aromatic N) is 4. The minimum absolute atomic E-state index is 0. The van der Waals surface area contributed by atoms with Crippen LogP contribution in [-0.2, 0) is 13.0 Å². The van der Waals surface area contributed by atoms with Crippen LogP contribution < -0.4 is 27.4 Å². The second-order valence-corrected chi connectivity index (χ2v) is 8.67. The van der Waals surface area contributed by atoms with Gasteiger partial charge in [0.2, 0.25) is 11.6 Å². The Bertz CT molecular complexity index is 1360. The van der Waals surface area contributed by atoms with Crippen LogP contribution in [0.25, 0.3) is 11.1 Å². The van der Waals surface area contributed by atoms with Crippen LogP contribution in [0, 0.1) is 11.3 Å². The smallest absolute Gasteiger partial charge is 0.377 e. The van der Waals surface area contributed by atoms with E-state index in [1.807, 2.05) is 78.2 Å². The Kier molecular flexibility index (Phi) is 9.15. The van der Waals surface area contributed by atoms with Crippen molar-refractivity contribution in [3.05, 3.63) is 101 Å². The Labute approximate surface area is 222 Å². The minimum Gasteiger partial charge on any atom is -1.00 e. The molecule has 1 aromatic heterocycles. The van der Waals surface area contributed by atoms with Crippen molar-refractivity contribution in [2.75, 3.05) is 5.73 Å². The fourth-order valence-electron chi connectivity index (χ4n) is 4.22. The van der Waals surface area contributed by atoms with E-state index in [1.54, 1.807) is 4.68 Å². The highest BCUT2D eigenvalue weighted by molar-refractivity contribution is 5.97. The van der Waals surface area contributed by atoms with Gasteiger partial charge in [-0.1, -0.05) is 91.2 Å². The number of ketones is 1. The van der Waals surface area contributed by atoms with E-state index in [0.717, 1.165) is 41.8 Å². The molecule has 7 heteroatoms. The summed E-state index contributed by atoms with van der Waals surface area (Å²) in [6, 6.07) is 26.7. The number of anilines is 1. The van der Waals surface area contributed by atoms with Crippen molar-refractivity contribution in [1.29, 1.82) is 5.26 Å². The van der Waals surface area contributed by atoms with E-state index in [-0.39, 0.29) is 22.8 Å². The number of aryl methyl sites for hydroxylation is 1. The van der Waals surface area contributed by atoms with Gasteiger partial charge < -0.3 is 17.0 Å². The van der Waals surface area contributed by atoms with Gasteiger partial charge in [0.15, 0.2) is 6.04 Å². The van der Waals surface area contributed by atoms with Crippen LogP contribution in [0.15, 0.2) is 78.9 Å². The van der Waals surface area contributed by atoms with Crippen LogP contribution in [0.2, 0.25) is 0 Å². The van der Waals surface area contributed by atoms with E-state index in [0.29, 0.717) is 23.6 Å². The lowest BCUT2D eigenvalue weighted by atomic mass is 9.99. The van der Waals surface area contributed by atoms with Crippen molar-refractivity contribution >= 4 is 11.7 Å². The molecule has 0 saturated carbocycles. The van der Waals surface area contributed by atoms with Crippen LogP contribution in [0.5, 0.6) is 0 Å². The van der Waals surface area contributed by atoms with Gasteiger partial charge in [0.1, 0.15) is 0 Å². The van der Waals surface area contributed by atoms with E-state index < -0.39 is 6.04 Å². The van der Waals surface area contributed by atoms with Crippen LogP contribution in [0.3, 0.4) is 0 Å². The van der Waals surface area contributed by atoms with Gasteiger partial charge in [0, 0.05) is 12.0 Å². The number of aromatic nitrogens is 3. The highest BCUT2D eigenvalue weighted by Crippen LogP contribution is 2.24. The molecule has 1 atom stereocenters. The first-order chi connectivity index (χ1) is 17.0. The second kappa shape index (κ2) is 12.3. The third-order valence-electron chi connectivity index (χ3n) is 6.26. The molecule has 0 bridgehead atoms. The summed E-state index contributed by atoms with van der Waals surface area (Å²) < 4.78 is 3.65. The number of nitriles is 1. The SMILES string of the molecule is CCCCc1n[n+](C(C)C(=O)c2ccccc2)c(N)n1Cc1ccc(-c2ccccc2C#N)cc1.[Br-]. The average Bonchev–Trinajstić information content (AvgIpc) is 3.22. The lowest BCUT2D eigenvalue weighted by molar-refractivity contribution is -0.745. The summed E-state index contributed by atoms with van der Waals surface area (Å²) >= 11 is 0. The third kappa shape index (κ3) is 5.72. The molecule has 0 aliphatic heterocycles. The first-order valence-electron chi connectivity index (χ1n) is 12.0. The molecule has 3 aromatic carbocycles. The Morgan fingerprint density at radius 2 is 1.72 bits per heavy atom. The fraction of sp³-hybridized carbons (Fsp3) is 0.241. The first kappa shape index (κ1) is 26.8. The van der Waals surface area contributed by atoms with Gasteiger partial charge in [-0.15, -0.1) is 4.68 Å². The van der Waals surface area contributed by atoms with Crippen molar-refractivity contribution in [2.45, 2.75) is 45.7 Å². The number of carbonyl (C=O) groups is 1. The fourth-order valence-corrected chi connectivity index (χ4v) is 4.22. The zero-order valence-electron chi connectivity index (χ0n) is 20.6. The van der Waals surface area contributed by atoms with Crippen LogP contribution in [0.4, 0.5) is 5.95 Å². The number of hydrogen-bond donors (Lipinski definition) is 1. The molecule has 4 aromatic rings. The van der Waals surface area contributed by atoms with E-state index in [1.165, 1.54) is 0 Å². The summed E-state index contributed by atoms with van der Waals surface area (Å²) in [5.74, 6) is 1.32. The molecule has 0 spiro atoms. The molecule has 0 amide bonds. The lowest BCUT2D eigenvalue weighted by Gasteiger charge is -2.08. The topological polar surface area (TPSA) is 88.6 Å². The van der Waals surface area contributed by atoms with Gasteiger partial charge in [0.25, 0.3) is 0 Å².